The Balaban J connectivity index is 1.50. The molecule has 5 aromatic rings. The van der Waals surface area contributed by atoms with Gasteiger partial charge in [-0.15, -0.1) is 0 Å². The van der Waals surface area contributed by atoms with Crippen LogP contribution in [0.1, 0.15) is 30.3 Å². The van der Waals surface area contributed by atoms with Crippen LogP contribution in [0.2, 0.25) is 0 Å². The first-order valence-electron chi connectivity index (χ1n) is 11.5. The number of aryl methyl sites for hydroxylation is 1. The predicted octanol–water partition coefficient (Wildman–Crippen LogP) is 3.80. The summed E-state index contributed by atoms with van der Waals surface area (Å²) in [7, 11) is 3.99. The summed E-state index contributed by atoms with van der Waals surface area (Å²) in [5.41, 5.74) is 5.49. The van der Waals surface area contributed by atoms with Crippen molar-refractivity contribution in [3.05, 3.63) is 52.4 Å². The molecule has 0 bridgehead atoms. The van der Waals surface area contributed by atoms with Gasteiger partial charge in [-0.1, -0.05) is 6.07 Å². The average molecular weight is 459 g/mol. The van der Waals surface area contributed by atoms with E-state index < -0.39 is 0 Å². The van der Waals surface area contributed by atoms with Crippen LogP contribution in [0.25, 0.3) is 44.2 Å². The van der Waals surface area contributed by atoms with Crippen molar-refractivity contribution in [1.29, 1.82) is 0 Å². The number of H-pyrrole nitrogens is 1. The molecule has 1 aromatic carbocycles. The normalized spacial score (nSPS) is 14.2. The van der Waals surface area contributed by atoms with Crippen molar-refractivity contribution < 1.29 is 9.15 Å². The Kier molecular flexibility index (Phi) is 4.96. The number of aromatic amines is 1. The fourth-order valence-electron chi connectivity index (χ4n) is 4.55. The number of ether oxygens (including phenoxy) is 1. The molecule has 0 spiro atoms. The molecular weight excluding hydrogens is 432 g/mol. The van der Waals surface area contributed by atoms with Crippen molar-refractivity contribution in [2.24, 2.45) is 0 Å². The number of oxazole rings is 1. The van der Waals surface area contributed by atoms with Crippen LogP contribution in [0.3, 0.4) is 0 Å². The fourth-order valence-corrected chi connectivity index (χ4v) is 4.55. The lowest BCUT2D eigenvalue weighted by Gasteiger charge is -2.15. The van der Waals surface area contributed by atoms with E-state index in [1.807, 2.05) is 35.8 Å². The van der Waals surface area contributed by atoms with E-state index in [-0.39, 0.29) is 18.2 Å². The van der Waals surface area contributed by atoms with E-state index in [9.17, 15) is 4.79 Å². The van der Waals surface area contributed by atoms with Crippen molar-refractivity contribution in [2.45, 2.75) is 32.4 Å². The number of nitrogens with one attached hydrogen (secondary N) is 1. The van der Waals surface area contributed by atoms with Crippen LogP contribution in [0.15, 0.2) is 39.8 Å². The summed E-state index contributed by atoms with van der Waals surface area (Å²) < 4.78 is 13.7. The standard InChI is InChI=1S/C25H26N6O3/c1-14-18(15-10-16-12-27-29-24(16)26-11-15)6-7-19-22(14)31(17-4-5-17)25(32)21-23(19)34-20(28-21)13-33-9-8-30(2)3/h6-7,10-12,17H,4-5,8-9,13H2,1-3H3,(H,26,27,29). The van der Waals surface area contributed by atoms with Crippen molar-refractivity contribution >= 4 is 33.0 Å². The number of rotatable bonds is 7. The molecule has 6 rings (SSSR count). The maximum atomic E-state index is 13.6. The van der Waals surface area contributed by atoms with Gasteiger partial charge < -0.3 is 18.6 Å². The Morgan fingerprint density at radius 1 is 1.26 bits per heavy atom. The monoisotopic (exact) mass is 458 g/mol. The average Bonchev–Trinajstić information content (AvgIpc) is 3.37. The number of hydrogen-bond acceptors (Lipinski definition) is 7. The fraction of sp³-hybridized carbons (Fsp3) is 0.360. The Bertz CT molecular complexity index is 1590. The largest absolute Gasteiger partial charge is 0.437 e. The summed E-state index contributed by atoms with van der Waals surface area (Å²) in [6.45, 7) is 3.67. The van der Waals surface area contributed by atoms with E-state index in [0.29, 0.717) is 23.6 Å². The highest BCUT2D eigenvalue weighted by Gasteiger charge is 2.30. The Labute approximate surface area is 195 Å². The SMILES string of the molecule is Cc1c(-c2cnc3[nH]ncc3c2)ccc2c3oc(COCCN(C)C)nc3c(=O)n(C3CC3)c12. The molecule has 9 nitrogen and oxygen atoms in total. The second-order valence-electron chi connectivity index (χ2n) is 9.21. The number of benzene rings is 1. The van der Waals surface area contributed by atoms with E-state index in [0.717, 1.165) is 58.0 Å². The highest BCUT2D eigenvalue weighted by molar-refractivity contribution is 6.04. The van der Waals surface area contributed by atoms with Gasteiger partial charge in [-0.05, 0) is 57.1 Å². The third kappa shape index (κ3) is 3.48. The quantitative estimate of drug-likeness (QED) is 0.370. The van der Waals surface area contributed by atoms with Gasteiger partial charge in [-0.2, -0.15) is 5.10 Å². The first kappa shape index (κ1) is 21.0. The second kappa shape index (κ2) is 8.03. The Hall–Kier alpha value is -3.56. The molecule has 0 unspecified atom stereocenters. The molecule has 1 N–H and O–H groups in total. The van der Waals surface area contributed by atoms with Crippen molar-refractivity contribution in [2.75, 3.05) is 27.2 Å². The highest BCUT2D eigenvalue weighted by Crippen LogP contribution is 2.40. The Morgan fingerprint density at radius 3 is 2.91 bits per heavy atom. The summed E-state index contributed by atoms with van der Waals surface area (Å²) in [6, 6.07) is 6.35. The van der Waals surface area contributed by atoms with Crippen LogP contribution in [-0.2, 0) is 11.3 Å². The second-order valence-corrected chi connectivity index (χ2v) is 9.21. The first-order valence-corrected chi connectivity index (χ1v) is 11.5. The third-order valence-corrected chi connectivity index (χ3v) is 6.43. The zero-order chi connectivity index (χ0) is 23.4. The number of nitrogens with zero attached hydrogens (tertiary/aromatic N) is 5. The molecule has 0 radical (unpaired) electrons. The minimum absolute atomic E-state index is 0.100. The molecule has 1 fully saturated rings. The molecule has 0 atom stereocenters. The Morgan fingerprint density at radius 2 is 2.12 bits per heavy atom. The number of fused-ring (bicyclic) bond motifs is 4. The van der Waals surface area contributed by atoms with E-state index in [1.54, 1.807) is 6.20 Å². The van der Waals surface area contributed by atoms with E-state index >= 15 is 0 Å². The van der Waals surface area contributed by atoms with Crippen molar-refractivity contribution in [1.82, 2.24) is 29.6 Å². The molecule has 4 aromatic heterocycles. The van der Waals surface area contributed by atoms with Crippen LogP contribution in [-0.4, -0.2) is 56.9 Å². The zero-order valence-corrected chi connectivity index (χ0v) is 19.5. The van der Waals surface area contributed by atoms with Gasteiger partial charge in [0, 0.05) is 35.1 Å². The summed E-state index contributed by atoms with van der Waals surface area (Å²) >= 11 is 0. The third-order valence-electron chi connectivity index (χ3n) is 6.43. The maximum Gasteiger partial charge on any atom is 0.281 e. The lowest BCUT2D eigenvalue weighted by atomic mass is 9.97. The minimum atomic E-state index is -0.100. The first-order chi connectivity index (χ1) is 16.5. The lowest BCUT2D eigenvalue weighted by Crippen LogP contribution is -2.21. The number of aromatic nitrogens is 5. The van der Waals surface area contributed by atoms with E-state index in [1.165, 1.54) is 0 Å². The van der Waals surface area contributed by atoms with Gasteiger partial charge in [0.05, 0.1) is 18.3 Å². The molecule has 0 amide bonds. The maximum absolute atomic E-state index is 13.6. The molecule has 1 saturated carbocycles. The molecule has 0 aliphatic heterocycles. The summed E-state index contributed by atoms with van der Waals surface area (Å²) in [5, 5.41) is 8.80. The molecule has 4 heterocycles. The number of hydrogen-bond donors (Lipinski definition) is 1. The van der Waals surface area contributed by atoms with Gasteiger partial charge in [0.1, 0.15) is 6.61 Å². The molecule has 9 heteroatoms. The van der Waals surface area contributed by atoms with E-state index in [4.69, 9.17) is 9.15 Å². The summed E-state index contributed by atoms with van der Waals surface area (Å²) in [6.07, 6.45) is 5.59. The predicted molar refractivity (Wildman–Crippen MR) is 130 cm³/mol. The summed E-state index contributed by atoms with van der Waals surface area (Å²) in [5.74, 6) is 0.428. The summed E-state index contributed by atoms with van der Waals surface area (Å²) in [4.78, 5) is 24.6. The van der Waals surface area contributed by atoms with Gasteiger partial charge in [-0.3, -0.25) is 9.89 Å². The smallest absolute Gasteiger partial charge is 0.281 e. The molecule has 174 valence electrons. The molecular formula is C25H26N6O3. The zero-order valence-electron chi connectivity index (χ0n) is 19.5. The van der Waals surface area contributed by atoms with Crippen LogP contribution in [0.5, 0.6) is 0 Å². The lowest BCUT2D eigenvalue weighted by molar-refractivity contribution is 0.0906. The van der Waals surface area contributed by atoms with Gasteiger partial charge in [-0.25, -0.2) is 9.97 Å². The van der Waals surface area contributed by atoms with E-state index in [2.05, 4.69) is 39.2 Å². The minimum Gasteiger partial charge on any atom is -0.437 e. The van der Waals surface area contributed by atoms with Gasteiger partial charge >= 0.3 is 0 Å². The van der Waals surface area contributed by atoms with Crippen LogP contribution in [0, 0.1) is 6.92 Å². The molecule has 1 aliphatic carbocycles. The van der Waals surface area contributed by atoms with Crippen molar-refractivity contribution in [3.8, 4) is 11.1 Å². The molecule has 1 aliphatic rings. The van der Waals surface area contributed by atoms with Gasteiger partial charge in [0.25, 0.3) is 5.56 Å². The van der Waals surface area contributed by atoms with Crippen LogP contribution < -0.4 is 5.56 Å². The number of likely N-dealkylation sites (N-methyl/N-ethyl adjacent to an activating group) is 1. The van der Waals surface area contributed by atoms with Crippen LogP contribution in [0.4, 0.5) is 0 Å². The topological polar surface area (TPSA) is 102 Å². The highest BCUT2D eigenvalue weighted by atomic mass is 16.5. The molecule has 34 heavy (non-hydrogen) atoms. The van der Waals surface area contributed by atoms with Crippen LogP contribution >= 0.6 is 0 Å². The number of pyridine rings is 2. The van der Waals surface area contributed by atoms with Gasteiger partial charge in [0.15, 0.2) is 16.7 Å². The molecule has 0 saturated heterocycles. The van der Waals surface area contributed by atoms with Gasteiger partial charge in [0.2, 0.25) is 5.89 Å². The van der Waals surface area contributed by atoms with Crippen molar-refractivity contribution in [3.63, 3.8) is 0 Å².